The lowest BCUT2D eigenvalue weighted by atomic mass is 10.0. The SMILES string of the molecule is Cc1cc(Cl)ccc1NC(=O)C(Cc1c[nH]c2ccccc12)NC(=O)OCC(C)C. The fraction of sp³-hybridized carbons (Fsp3) is 0.304. The van der Waals surface area contributed by atoms with Crippen LogP contribution >= 0.6 is 11.6 Å². The second kappa shape index (κ2) is 9.67. The van der Waals surface area contributed by atoms with E-state index in [1.165, 1.54) is 0 Å². The number of amides is 2. The van der Waals surface area contributed by atoms with Gasteiger partial charge < -0.3 is 20.4 Å². The van der Waals surface area contributed by atoms with Crippen LogP contribution < -0.4 is 10.6 Å². The summed E-state index contributed by atoms with van der Waals surface area (Å²) in [4.78, 5) is 28.5. The van der Waals surface area contributed by atoms with E-state index in [2.05, 4.69) is 15.6 Å². The van der Waals surface area contributed by atoms with E-state index in [-0.39, 0.29) is 18.4 Å². The van der Waals surface area contributed by atoms with Crippen molar-refractivity contribution in [3.63, 3.8) is 0 Å². The van der Waals surface area contributed by atoms with Crippen molar-refractivity contribution in [1.29, 1.82) is 0 Å². The average molecular weight is 428 g/mol. The van der Waals surface area contributed by atoms with Crippen molar-refractivity contribution < 1.29 is 14.3 Å². The third-order valence-corrected chi connectivity index (χ3v) is 4.94. The van der Waals surface area contributed by atoms with Gasteiger partial charge in [0.1, 0.15) is 6.04 Å². The van der Waals surface area contributed by atoms with E-state index in [1.807, 2.05) is 51.2 Å². The van der Waals surface area contributed by atoms with Crippen LogP contribution in [0, 0.1) is 12.8 Å². The Hall–Kier alpha value is -2.99. The molecule has 3 rings (SSSR count). The molecule has 3 N–H and O–H groups in total. The first-order valence-corrected chi connectivity index (χ1v) is 10.3. The number of para-hydroxylation sites is 1. The maximum atomic E-state index is 13.1. The lowest BCUT2D eigenvalue weighted by molar-refractivity contribution is -0.118. The van der Waals surface area contributed by atoms with Gasteiger partial charge in [0.15, 0.2) is 0 Å². The molecule has 0 saturated heterocycles. The Bertz CT molecular complexity index is 1050. The number of hydrogen-bond acceptors (Lipinski definition) is 3. The summed E-state index contributed by atoms with van der Waals surface area (Å²) in [7, 11) is 0. The molecule has 7 heteroatoms. The Labute approximate surface area is 181 Å². The summed E-state index contributed by atoms with van der Waals surface area (Å²) < 4.78 is 5.23. The van der Waals surface area contributed by atoms with Gasteiger partial charge in [-0.3, -0.25) is 4.79 Å². The fourth-order valence-corrected chi connectivity index (χ4v) is 3.37. The molecule has 3 aromatic rings. The summed E-state index contributed by atoms with van der Waals surface area (Å²) in [6.45, 7) is 6.05. The van der Waals surface area contributed by atoms with Crippen LogP contribution in [0.2, 0.25) is 5.02 Å². The van der Waals surface area contributed by atoms with Crippen LogP contribution in [-0.2, 0) is 16.0 Å². The Kier molecular flexibility index (Phi) is 7.00. The minimum absolute atomic E-state index is 0.202. The average Bonchev–Trinajstić information content (AvgIpc) is 3.11. The van der Waals surface area contributed by atoms with Crippen molar-refractivity contribution in [3.05, 3.63) is 64.8 Å². The fourth-order valence-electron chi connectivity index (χ4n) is 3.14. The minimum atomic E-state index is -0.807. The number of aromatic nitrogens is 1. The van der Waals surface area contributed by atoms with Crippen molar-refractivity contribution in [2.24, 2.45) is 5.92 Å². The first-order chi connectivity index (χ1) is 14.3. The Morgan fingerprint density at radius 1 is 1.17 bits per heavy atom. The summed E-state index contributed by atoms with van der Waals surface area (Å²) in [5.41, 5.74) is 3.39. The van der Waals surface area contributed by atoms with E-state index in [0.29, 0.717) is 17.1 Å². The highest BCUT2D eigenvalue weighted by Crippen LogP contribution is 2.22. The number of aryl methyl sites for hydroxylation is 1. The van der Waals surface area contributed by atoms with E-state index >= 15 is 0 Å². The molecule has 0 bridgehead atoms. The number of benzene rings is 2. The van der Waals surface area contributed by atoms with Crippen LogP contribution in [0.1, 0.15) is 25.0 Å². The summed E-state index contributed by atoms with van der Waals surface area (Å²) in [6, 6.07) is 12.3. The largest absolute Gasteiger partial charge is 0.449 e. The van der Waals surface area contributed by atoms with Crippen molar-refractivity contribution in [3.8, 4) is 0 Å². The van der Waals surface area contributed by atoms with Gasteiger partial charge in [-0.15, -0.1) is 0 Å². The highest BCUT2D eigenvalue weighted by atomic mass is 35.5. The summed E-state index contributed by atoms with van der Waals surface area (Å²) in [6.07, 6.45) is 1.57. The zero-order chi connectivity index (χ0) is 21.7. The van der Waals surface area contributed by atoms with Gasteiger partial charge >= 0.3 is 6.09 Å². The molecule has 0 aliphatic heterocycles. The van der Waals surface area contributed by atoms with Gasteiger partial charge in [0.05, 0.1) is 6.61 Å². The normalized spacial score (nSPS) is 12.0. The molecule has 0 spiro atoms. The zero-order valence-electron chi connectivity index (χ0n) is 17.3. The first-order valence-electron chi connectivity index (χ1n) is 9.88. The Morgan fingerprint density at radius 3 is 2.67 bits per heavy atom. The molecule has 0 fully saturated rings. The number of H-pyrrole nitrogens is 1. The van der Waals surface area contributed by atoms with Gasteiger partial charge in [-0.05, 0) is 48.2 Å². The highest BCUT2D eigenvalue weighted by molar-refractivity contribution is 6.30. The van der Waals surface area contributed by atoms with Gasteiger partial charge in [-0.1, -0.05) is 43.6 Å². The number of rotatable bonds is 7. The van der Waals surface area contributed by atoms with E-state index in [4.69, 9.17) is 16.3 Å². The molecule has 0 radical (unpaired) electrons. The number of carbonyl (C=O) groups is 2. The molecule has 0 aliphatic rings. The van der Waals surface area contributed by atoms with Crippen molar-refractivity contribution >= 4 is 40.2 Å². The van der Waals surface area contributed by atoms with E-state index in [9.17, 15) is 9.59 Å². The maximum absolute atomic E-state index is 13.1. The molecule has 1 heterocycles. The number of ether oxygens (including phenoxy) is 1. The quantitative estimate of drug-likeness (QED) is 0.492. The molecule has 2 aromatic carbocycles. The number of aromatic amines is 1. The Morgan fingerprint density at radius 2 is 1.93 bits per heavy atom. The summed E-state index contributed by atoms with van der Waals surface area (Å²) in [5.74, 6) is -0.124. The number of anilines is 1. The molecule has 0 aliphatic carbocycles. The molecular weight excluding hydrogens is 402 g/mol. The molecule has 0 saturated carbocycles. The van der Waals surface area contributed by atoms with Gasteiger partial charge in [-0.25, -0.2) is 4.79 Å². The Balaban J connectivity index is 1.80. The second-order valence-corrected chi connectivity index (χ2v) is 8.14. The molecule has 1 unspecified atom stereocenters. The maximum Gasteiger partial charge on any atom is 0.407 e. The van der Waals surface area contributed by atoms with Gasteiger partial charge in [0.25, 0.3) is 0 Å². The number of carbonyl (C=O) groups excluding carboxylic acids is 2. The van der Waals surface area contributed by atoms with Crippen LogP contribution in [0.3, 0.4) is 0 Å². The van der Waals surface area contributed by atoms with Crippen LogP contribution in [0.4, 0.5) is 10.5 Å². The summed E-state index contributed by atoms with van der Waals surface area (Å²) >= 11 is 6.01. The van der Waals surface area contributed by atoms with Crippen molar-refractivity contribution in [2.45, 2.75) is 33.2 Å². The second-order valence-electron chi connectivity index (χ2n) is 7.70. The zero-order valence-corrected chi connectivity index (χ0v) is 18.0. The number of fused-ring (bicyclic) bond motifs is 1. The summed E-state index contributed by atoms with van der Waals surface area (Å²) in [5, 5.41) is 7.21. The third-order valence-electron chi connectivity index (χ3n) is 4.70. The van der Waals surface area contributed by atoms with E-state index in [0.717, 1.165) is 22.0 Å². The molecule has 158 valence electrons. The number of nitrogens with one attached hydrogen (secondary N) is 3. The van der Waals surface area contributed by atoms with Crippen LogP contribution in [0.25, 0.3) is 10.9 Å². The van der Waals surface area contributed by atoms with Crippen molar-refractivity contribution in [1.82, 2.24) is 10.3 Å². The molecule has 1 aromatic heterocycles. The standard InChI is InChI=1S/C23H26ClN3O3/c1-14(2)13-30-23(29)27-21(11-16-12-25-20-7-5-4-6-18(16)20)22(28)26-19-9-8-17(24)10-15(19)3/h4-10,12,14,21,25H,11,13H2,1-3H3,(H,26,28)(H,27,29). The molecule has 30 heavy (non-hydrogen) atoms. The minimum Gasteiger partial charge on any atom is -0.449 e. The van der Waals surface area contributed by atoms with Crippen LogP contribution in [0.15, 0.2) is 48.7 Å². The number of hydrogen-bond donors (Lipinski definition) is 3. The van der Waals surface area contributed by atoms with E-state index in [1.54, 1.807) is 18.2 Å². The molecule has 2 amide bonds. The first kappa shape index (κ1) is 21.7. The lowest BCUT2D eigenvalue weighted by Gasteiger charge is -2.19. The number of alkyl carbamates (subject to hydrolysis) is 1. The molecule has 6 nitrogen and oxygen atoms in total. The van der Waals surface area contributed by atoms with Gasteiger partial charge in [0.2, 0.25) is 5.91 Å². The van der Waals surface area contributed by atoms with E-state index < -0.39 is 12.1 Å². The van der Waals surface area contributed by atoms with Crippen LogP contribution in [-0.4, -0.2) is 29.6 Å². The molecule has 1 atom stereocenters. The van der Waals surface area contributed by atoms with Crippen LogP contribution in [0.5, 0.6) is 0 Å². The van der Waals surface area contributed by atoms with Crippen molar-refractivity contribution in [2.75, 3.05) is 11.9 Å². The van der Waals surface area contributed by atoms with Gasteiger partial charge in [-0.2, -0.15) is 0 Å². The third kappa shape index (κ3) is 5.54. The smallest absolute Gasteiger partial charge is 0.407 e. The predicted molar refractivity (Wildman–Crippen MR) is 120 cm³/mol. The highest BCUT2D eigenvalue weighted by Gasteiger charge is 2.24. The topological polar surface area (TPSA) is 83.2 Å². The number of halogens is 1. The van der Waals surface area contributed by atoms with Gasteiger partial charge in [0, 0.05) is 34.2 Å². The predicted octanol–water partition coefficient (Wildman–Crippen LogP) is 5.06. The monoisotopic (exact) mass is 427 g/mol. The lowest BCUT2D eigenvalue weighted by Crippen LogP contribution is -2.45. The molecular formula is C23H26ClN3O3.